The van der Waals surface area contributed by atoms with Crippen LogP contribution in [0.15, 0.2) is 22.9 Å². The Morgan fingerprint density at radius 1 is 1.47 bits per heavy atom. The lowest BCUT2D eigenvalue weighted by Crippen LogP contribution is -2.13. The lowest BCUT2D eigenvalue weighted by molar-refractivity contribution is 0.196. The van der Waals surface area contributed by atoms with Crippen molar-refractivity contribution in [2.45, 2.75) is 26.0 Å². The zero-order valence-electron chi connectivity index (χ0n) is 9.84. The van der Waals surface area contributed by atoms with E-state index in [0.717, 1.165) is 28.8 Å². The zero-order valence-corrected chi connectivity index (χ0v) is 11.4. The molecule has 0 aromatic carbocycles. The van der Waals surface area contributed by atoms with E-state index in [1.807, 2.05) is 11.7 Å². The van der Waals surface area contributed by atoms with Crippen LogP contribution in [0.1, 0.15) is 30.8 Å². The van der Waals surface area contributed by atoms with Gasteiger partial charge in [0.25, 0.3) is 0 Å². The van der Waals surface area contributed by atoms with Crippen molar-refractivity contribution in [3.63, 3.8) is 0 Å². The molecule has 92 valence electrons. The third-order valence-corrected chi connectivity index (χ3v) is 3.28. The fraction of sp³-hybridized carbons (Fsp3) is 0.455. The normalized spacial score (nSPS) is 12.9. The van der Waals surface area contributed by atoms with Crippen LogP contribution in [0.4, 0.5) is 0 Å². The summed E-state index contributed by atoms with van der Waals surface area (Å²) in [5, 5.41) is 18.7. The molecular weight excluding hydrogens is 284 g/mol. The van der Waals surface area contributed by atoms with Crippen molar-refractivity contribution >= 4 is 15.9 Å². The van der Waals surface area contributed by atoms with Gasteiger partial charge in [-0.2, -0.15) is 10.2 Å². The van der Waals surface area contributed by atoms with Crippen molar-refractivity contribution < 1.29 is 5.11 Å². The molecule has 1 unspecified atom stereocenters. The van der Waals surface area contributed by atoms with Gasteiger partial charge in [-0.05, 0) is 28.4 Å². The van der Waals surface area contributed by atoms with Gasteiger partial charge in [0, 0.05) is 19.8 Å². The van der Waals surface area contributed by atoms with E-state index in [0.29, 0.717) is 0 Å². The summed E-state index contributed by atoms with van der Waals surface area (Å²) >= 11 is 3.42. The smallest absolute Gasteiger partial charge is 0.138 e. The molecule has 0 radical (unpaired) electrons. The number of hydrogen-bond acceptors (Lipinski definition) is 3. The summed E-state index contributed by atoms with van der Waals surface area (Å²) in [5.74, 6) is 0. The van der Waals surface area contributed by atoms with E-state index < -0.39 is 6.10 Å². The molecule has 2 aromatic heterocycles. The highest BCUT2D eigenvalue weighted by molar-refractivity contribution is 9.10. The maximum atomic E-state index is 10.4. The molecular formula is C11H15BrN4O. The van der Waals surface area contributed by atoms with E-state index in [-0.39, 0.29) is 0 Å². The molecule has 1 atom stereocenters. The Kier molecular flexibility index (Phi) is 3.63. The summed E-state index contributed by atoms with van der Waals surface area (Å²) in [6.45, 7) is 2.87. The fourth-order valence-electron chi connectivity index (χ4n) is 1.83. The van der Waals surface area contributed by atoms with Gasteiger partial charge in [0.2, 0.25) is 0 Å². The molecule has 0 fully saturated rings. The number of halogens is 1. The third kappa shape index (κ3) is 2.28. The minimum absolute atomic E-state index is 0.717. The standard InChI is InChI=1S/C11H15BrN4O/c1-3-6-16-10(8(12)7-14-16)11(17)9-4-5-13-15(9)2/h4-5,7,11,17H,3,6H2,1-2H3. The Bertz CT molecular complexity index is 505. The van der Waals surface area contributed by atoms with Crippen molar-refractivity contribution in [3.8, 4) is 0 Å². The SMILES string of the molecule is CCCn1ncc(Br)c1C(O)c1ccnn1C. The summed E-state index contributed by atoms with van der Waals surface area (Å²) in [5.41, 5.74) is 1.53. The number of aryl methyl sites for hydroxylation is 2. The van der Waals surface area contributed by atoms with Crippen molar-refractivity contribution in [2.75, 3.05) is 0 Å². The Balaban J connectivity index is 2.39. The van der Waals surface area contributed by atoms with Crippen LogP contribution in [0.3, 0.4) is 0 Å². The van der Waals surface area contributed by atoms with Gasteiger partial charge < -0.3 is 5.11 Å². The van der Waals surface area contributed by atoms with Crippen molar-refractivity contribution in [1.29, 1.82) is 0 Å². The van der Waals surface area contributed by atoms with E-state index in [4.69, 9.17) is 0 Å². The van der Waals surface area contributed by atoms with E-state index in [9.17, 15) is 5.11 Å². The van der Waals surface area contributed by atoms with Crippen molar-refractivity contribution in [1.82, 2.24) is 19.6 Å². The topological polar surface area (TPSA) is 55.9 Å². The van der Waals surface area contributed by atoms with E-state index in [1.165, 1.54) is 0 Å². The molecule has 0 saturated heterocycles. The first-order valence-corrected chi connectivity index (χ1v) is 6.31. The lowest BCUT2D eigenvalue weighted by atomic mass is 10.2. The van der Waals surface area contributed by atoms with E-state index in [1.54, 1.807) is 23.1 Å². The van der Waals surface area contributed by atoms with Gasteiger partial charge in [-0.3, -0.25) is 9.36 Å². The second kappa shape index (κ2) is 5.01. The molecule has 0 aliphatic carbocycles. The van der Waals surface area contributed by atoms with Crippen LogP contribution in [0, 0.1) is 0 Å². The van der Waals surface area contributed by atoms with Crippen LogP contribution < -0.4 is 0 Å². The largest absolute Gasteiger partial charge is 0.380 e. The predicted molar refractivity (Wildman–Crippen MR) is 67.5 cm³/mol. The molecule has 2 heterocycles. The molecule has 17 heavy (non-hydrogen) atoms. The summed E-state index contributed by atoms with van der Waals surface area (Å²) in [4.78, 5) is 0. The quantitative estimate of drug-likeness (QED) is 0.937. The first-order chi connectivity index (χ1) is 8.15. The number of nitrogens with zero attached hydrogens (tertiary/aromatic N) is 4. The first-order valence-electron chi connectivity index (χ1n) is 5.52. The lowest BCUT2D eigenvalue weighted by Gasteiger charge is -2.14. The Hall–Kier alpha value is -1.14. The van der Waals surface area contributed by atoms with Crippen LogP contribution in [0.2, 0.25) is 0 Å². The maximum absolute atomic E-state index is 10.4. The van der Waals surface area contributed by atoms with Gasteiger partial charge in [0.1, 0.15) is 6.10 Å². The number of aliphatic hydroxyl groups is 1. The zero-order chi connectivity index (χ0) is 12.4. The molecule has 0 bridgehead atoms. The van der Waals surface area contributed by atoms with Crippen molar-refractivity contribution in [3.05, 3.63) is 34.3 Å². The Labute approximate surface area is 108 Å². The van der Waals surface area contributed by atoms with Crippen molar-refractivity contribution in [2.24, 2.45) is 7.05 Å². The third-order valence-electron chi connectivity index (χ3n) is 2.67. The molecule has 1 N–H and O–H groups in total. The molecule has 0 saturated carbocycles. The molecule has 2 aromatic rings. The average molecular weight is 299 g/mol. The molecule has 0 aliphatic heterocycles. The van der Waals surface area contributed by atoms with Crippen LogP contribution in [-0.4, -0.2) is 24.7 Å². The second-order valence-corrected chi connectivity index (χ2v) is 4.74. The average Bonchev–Trinajstić information content (AvgIpc) is 2.86. The summed E-state index contributed by atoms with van der Waals surface area (Å²) in [6.07, 6.45) is 3.64. The molecule has 2 rings (SSSR count). The fourth-order valence-corrected chi connectivity index (χ4v) is 2.34. The van der Waals surface area contributed by atoms with Gasteiger partial charge in [0.15, 0.2) is 0 Å². The minimum atomic E-state index is -0.717. The molecule has 5 nitrogen and oxygen atoms in total. The van der Waals surface area contributed by atoms with Gasteiger partial charge in [-0.25, -0.2) is 0 Å². The highest BCUT2D eigenvalue weighted by atomic mass is 79.9. The number of rotatable bonds is 4. The van der Waals surface area contributed by atoms with E-state index >= 15 is 0 Å². The monoisotopic (exact) mass is 298 g/mol. The van der Waals surface area contributed by atoms with Gasteiger partial charge in [-0.1, -0.05) is 6.92 Å². The Morgan fingerprint density at radius 2 is 2.24 bits per heavy atom. The minimum Gasteiger partial charge on any atom is -0.380 e. The summed E-state index contributed by atoms with van der Waals surface area (Å²) < 4.78 is 4.31. The number of aromatic nitrogens is 4. The van der Waals surface area contributed by atoms with Crippen LogP contribution in [0.25, 0.3) is 0 Å². The first kappa shape index (κ1) is 12.3. The number of aliphatic hydroxyl groups excluding tert-OH is 1. The summed E-state index contributed by atoms with van der Waals surface area (Å²) in [6, 6.07) is 1.81. The van der Waals surface area contributed by atoms with Crippen LogP contribution >= 0.6 is 15.9 Å². The van der Waals surface area contributed by atoms with Gasteiger partial charge >= 0.3 is 0 Å². The highest BCUT2D eigenvalue weighted by Crippen LogP contribution is 2.28. The van der Waals surface area contributed by atoms with E-state index in [2.05, 4.69) is 33.1 Å². The second-order valence-electron chi connectivity index (χ2n) is 3.88. The highest BCUT2D eigenvalue weighted by Gasteiger charge is 2.21. The van der Waals surface area contributed by atoms with Gasteiger partial charge in [-0.15, -0.1) is 0 Å². The van der Waals surface area contributed by atoms with Crippen LogP contribution in [-0.2, 0) is 13.6 Å². The molecule has 6 heteroatoms. The number of hydrogen-bond donors (Lipinski definition) is 1. The molecule has 0 aliphatic rings. The summed E-state index contributed by atoms with van der Waals surface area (Å²) in [7, 11) is 1.81. The Morgan fingerprint density at radius 3 is 2.82 bits per heavy atom. The maximum Gasteiger partial charge on any atom is 0.138 e. The van der Waals surface area contributed by atoms with Gasteiger partial charge in [0.05, 0.1) is 22.1 Å². The molecule has 0 amide bonds. The van der Waals surface area contributed by atoms with Crippen LogP contribution in [0.5, 0.6) is 0 Å². The molecule has 0 spiro atoms. The predicted octanol–water partition coefficient (Wildman–Crippen LogP) is 1.87.